The number of halogens is 4. The van der Waals surface area contributed by atoms with Gasteiger partial charge in [0.05, 0.1) is 23.4 Å². The van der Waals surface area contributed by atoms with Gasteiger partial charge in [-0.15, -0.1) is 0 Å². The molecule has 0 heterocycles. The van der Waals surface area contributed by atoms with E-state index in [0.717, 1.165) is 37.4 Å². The van der Waals surface area contributed by atoms with Crippen LogP contribution in [0.1, 0.15) is 10.4 Å². The molecule has 2 rings (SSSR count). The molecular formula is C14H9BrClF2NO4S. The van der Waals surface area contributed by atoms with Crippen molar-refractivity contribution in [2.75, 3.05) is 11.8 Å². The SMILES string of the molecule is COC(=O)c1cc(S(=O)(=O)Nc2ccc(F)cc2Cl)c(F)cc1Br. The predicted molar refractivity (Wildman–Crippen MR) is 87.7 cm³/mol. The smallest absolute Gasteiger partial charge is 0.339 e. The van der Waals surface area contributed by atoms with Crippen LogP contribution < -0.4 is 4.72 Å². The van der Waals surface area contributed by atoms with E-state index in [2.05, 4.69) is 20.7 Å². The molecule has 10 heteroatoms. The van der Waals surface area contributed by atoms with Crippen molar-refractivity contribution in [1.29, 1.82) is 0 Å². The van der Waals surface area contributed by atoms with Gasteiger partial charge in [-0.3, -0.25) is 4.72 Å². The summed E-state index contributed by atoms with van der Waals surface area (Å²) in [5.74, 6) is -2.61. The van der Waals surface area contributed by atoms with Crippen molar-refractivity contribution < 1.29 is 26.7 Å². The predicted octanol–water partition coefficient (Wildman–Crippen LogP) is 3.97. The lowest BCUT2D eigenvalue weighted by Crippen LogP contribution is -2.16. The van der Waals surface area contributed by atoms with Gasteiger partial charge in [0.1, 0.15) is 16.5 Å². The maximum absolute atomic E-state index is 14.1. The summed E-state index contributed by atoms with van der Waals surface area (Å²) in [6.45, 7) is 0. The number of esters is 1. The Morgan fingerprint density at radius 2 is 1.92 bits per heavy atom. The van der Waals surface area contributed by atoms with E-state index in [4.69, 9.17) is 11.6 Å². The van der Waals surface area contributed by atoms with Crippen LogP contribution in [0.5, 0.6) is 0 Å². The second-order valence-corrected chi connectivity index (χ2v) is 7.40. The number of hydrogen-bond acceptors (Lipinski definition) is 4. The molecule has 2 aromatic carbocycles. The Labute approximate surface area is 149 Å². The highest BCUT2D eigenvalue weighted by Crippen LogP contribution is 2.29. The molecule has 0 aliphatic carbocycles. The molecule has 0 saturated carbocycles. The Hall–Kier alpha value is -1.71. The lowest BCUT2D eigenvalue weighted by Gasteiger charge is -2.12. The normalized spacial score (nSPS) is 11.2. The van der Waals surface area contributed by atoms with Crippen molar-refractivity contribution in [3.63, 3.8) is 0 Å². The van der Waals surface area contributed by atoms with Crippen LogP contribution in [0.2, 0.25) is 5.02 Å². The third kappa shape index (κ3) is 3.85. The van der Waals surface area contributed by atoms with Crippen molar-refractivity contribution in [2.24, 2.45) is 0 Å². The highest BCUT2D eigenvalue weighted by Gasteiger charge is 2.24. The van der Waals surface area contributed by atoms with Crippen molar-refractivity contribution in [3.8, 4) is 0 Å². The minimum Gasteiger partial charge on any atom is -0.465 e. The first-order valence-corrected chi connectivity index (χ1v) is 8.86. The largest absolute Gasteiger partial charge is 0.465 e. The van der Waals surface area contributed by atoms with Gasteiger partial charge in [0.2, 0.25) is 0 Å². The second-order valence-electron chi connectivity index (χ2n) is 4.48. The van der Waals surface area contributed by atoms with Crippen LogP contribution in [0.4, 0.5) is 14.5 Å². The fourth-order valence-corrected chi connectivity index (χ4v) is 3.69. The third-order valence-corrected chi connectivity index (χ3v) is 5.24. The maximum Gasteiger partial charge on any atom is 0.339 e. The zero-order chi connectivity index (χ0) is 18.1. The highest BCUT2D eigenvalue weighted by molar-refractivity contribution is 9.10. The monoisotopic (exact) mass is 439 g/mol. The number of methoxy groups -OCH3 is 1. The van der Waals surface area contributed by atoms with Gasteiger partial charge in [-0.1, -0.05) is 11.6 Å². The molecule has 0 unspecified atom stereocenters. The van der Waals surface area contributed by atoms with Gasteiger partial charge in [-0.25, -0.2) is 22.0 Å². The van der Waals surface area contributed by atoms with Gasteiger partial charge in [0.15, 0.2) is 0 Å². The van der Waals surface area contributed by atoms with E-state index in [9.17, 15) is 22.0 Å². The zero-order valence-electron chi connectivity index (χ0n) is 11.9. The summed E-state index contributed by atoms with van der Waals surface area (Å²) in [5, 5.41) is -0.204. The summed E-state index contributed by atoms with van der Waals surface area (Å²) >= 11 is 8.71. The van der Waals surface area contributed by atoms with E-state index in [0.29, 0.717) is 0 Å². The molecule has 2 aromatic rings. The first kappa shape index (κ1) is 18.6. The third-order valence-electron chi connectivity index (χ3n) is 2.89. The Morgan fingerprint density at radius 3 is 2.50 bits per heavy atom. The summed E-state index contributed by atoms with van der Waals surface area (Å²) in [7, 11) is -3.32. The molecule has 0 spiro atoms. The van der Waals surface area contributed by atoms with Crippen molar-refractivity contribution in [2.45, 2.75) is 4.90 Å². The second kappa shape index (κ2) is 7.04. The Morgan fingerprint density at radius 1 is 1.25 bits per heavy atom. The lowest BCUT2D eigenvalue weighted by atomic mass is 10.2. The number of carbonyl (C=O) groups is 1. The van der Waals surface area contributed by atoms with Crippen LogP contribution >= 0.6 is 27.5 Å². The molecule has 0 aliphatic heterocycles. The van der Waals surface area contributed by atoms with Crippen LogP contribution in [0.3, 0.4) is 0 Å². The van der Waals surface area contributed by atoms with Crippen LogP contribution in [0, 0.1) is 11.6 Å². The maximum atomic E-state index is 14.1. The molecule has 0 radical (unpaired) electrons. The van der Waals surface area contributed by atoms with E-state index in [1.54, 1.807) is 0 Å². The van der Waals surface area contributed by atoms with Crippen molar-refractivity contribution in [1.82, 2.24) is 0 Å². The molecule has 0 atom stereocenters. The highest BCUT2D eigenvalue weighted by atomic mass is 79.9. The Kier molecular flexibility index (Phi) is 5.46. The van der Waals surface area contributed by atoms with Crippen LogP contribution in [0.15, 0.2) is 39.7 Å². The topological polar surface area (TPSA) is 72.5 Å². The van der Waals surface area contributed by atoms with Gasteiger partial charge < -0.3 is 4.74 Å². The van der Waals surface area contributed by atoms with Crippen LogP contribution in [-0.2, 0) is 14.8 Å². The molecular weight excluding hydrogens is 432 g/mol. The Balaban J connectivity index is 2.51. The molecule has 0 bridgehead atoms. The molecule has 128 valence electrons. The Bertz CT molecular complexity index is 921. The first-order chi connectivity index (χ1) is 11.2. The molecule has 24 heavy (non-hydrogen) atoms. The summed E-state index contributed by atoms with van der Waals surface area (Å²) in [6.07, 6.45) is 0. The van der Waals surface area contributed by atoms with E-state index in [-0.39, 0.29) is 20.7 Å². The average Bonchev–Trinajstić information content (AvgIpc) is 2.49. The minimum atomic E-state index is -4.42. The zero-order valence-corrected chi connectivity index (χ0v) is 15.1. The van der Waals surface area contributed by atoms with E-state index in [1.165, 1.54) is 0 Å². The molecule has 0 aromatic heterocycles. The number of benzene rings is 2. The van der Waals surface area contributed by atoms with Crippen LogP contribution in [0.25, 0.3) is 0 Å². The average molecular weight is 441 g/mol. The number of carbonyl (C=O) groups excluding carboxylic acids is 1. The quantitative estimate of drug-likeness (QED) is 0.730. The number of ether oxygens (including phenoxy) is 1. The van der Waals surface area contributed by atoms with Gasteiger partial charge >= 0.3 is 5.97 Å². The number of sulfonamides is 1. The molecule has 0 amide bonds. The minimum absolute atomic E-state index is 0.0330. The van der Waals surface area contributed by atoms with Gasteiger partial charge in [-0.2, -0.15) is 0 Å². The molecule has 0 aliphatic rings. The fourth-order valence-electron chi connectivity index (χ4n) is 1.77. The lowest BCUT2D eigenvalue weighted by molar-refractivity contribution is 0.0599. The van der Waals surface area contributed by atoms with E-state index >= 15 is 0 Å². The summed E-state index contributed by atoms with van der Waals surface area (Å²) in [6, 6.07) is 4.63. The molecule has 0 saturated heterocycles. The standard InChI is InChI=1S/C14H9BrClF2NO4S/c1-23-14(20)8-5-13(11(18)6-9(8)15)24(21,22)19-12-3-2-7(17)4-10(12)16/h2-6,19H,1H3. The van der Waals surface area contributed by atoms with Gasteiger partial charge in [0.25, 0.3) is 10.0 Å². The number of nitrogens with one attached hydrogen (secondary N) is 1. The number of rotatable bonds is 4. The molecule has 5 nitrogen and oxygen atoms in total. The van der Waals surface area contributed by atoms with Gasteiger partial charge in [-0.05, 0) is 46.3 Å². The summed E-state index contributed by atoms with van der Waals surface area (Å²) in [4.78, 5) is 10.8. The molecule has 1 N–H and O–H groups in total. The van der Waals surface area contributed by atoms with Crippen LogP contribution in [-0.4, -0.2) is 21.5 Å². The summed E-state index contributed by atoms with van der Waals surface area (Å²) < 4.78 is 58.4. The van der Waals surface area contributed by atoms with E-state index < -0.39 is 32.5 Å². The number of hydrogen-bond donors (Lipinski definition) is 1. The summed E-state index contributed by atoms with van der Waals surface area (Å²) in [5.41, 5.74) is -0.315. The number of anilines is 1. The van der Waals surface area contributed by atoms with E-state index in [1.807, 2.05) is 4.72 Å². The fraction of sp³-hybridized carbons (Fsp3) is 0.0714. The van der Waals surface area contributed by atoms with Crippen molar-refractivity contribution in [3.05, 3.63) is 57.0 Å². The first-order valence-electron chi connectivity index (χ1n) is 6.21. The van der Waals surface area contributed by atoms with Crippen molar-refractivity contribution >= 4 is 49.2 Å². The molecule has 0 fully saturated rings. The van der Waals surface area contributed by atoms with Gasteiger partial charge in [0, 0.05) is 4.47 Å².